The van der Waals surface area contributed by atoms with E-state index in [1.54, 1.807) is 0 Å². The van der Waals surface area contributed by atoms with Crippen LogP contribution >= 0.6 is 0 Å². The van der Waals surface area contributed by atoms with Crippen LogP contribution in [0.3, 0.4) is 0 Å². The maximum atomic E-state index is 9.33. The summed E-state index contributed by atoms with van der Waals surface area (Å²) in [6.45, 7) is 4.42. The average molecular weight is 255 g/mol. The third-order valence-electron chi connectivity index (χ3n) is 2.05. The van der Waals surface area contributed by atoms with Gasteiger partial charge in [-0.2, -0.15) is 8.42 Å². The van der Waals surface area contributed by atoms with Crippen LogP contribution in [0.15, 0.2) is 0 Å². The highest BCUT2D eigenvalue weighted by atomic mass is 32.3. The summed E-state index contributed by atoms with van der Waals surface area (Å²) >= 11 is 0. The highest BCUT2D eigenvalue weighted by Crippen LogP contribution is 2.05. The molecule has 0 aliphatic heterocycles. The second-order valence-corrected chi connectivity index (χ2v) is 4.83. The molecule has 16 heavy (non-hydrogen) atoms. The van der Waals surface area contributed by atoms with E-state index in [2.05, 4.69) is 18.0 Å². The molecule has 0 fully saturated rings. The summed E-state index contributed by atoms with van der Waals surface area (Å²) in [5, 5.41) is 0. The van der Waals surface area contributed by atoms with Gasteiger partial charge >= 0.3 is 10.4 Å². The van der Waals surface area contributed by atoms with E-state index in [9.17, 15) is 8.42 Å². The lowest BCUT2D eigenvalue weighted by atomic mass is 10.1. The molecule has 1 atom stereocenters. The van der Waals surface area contributed by atoms with Gasteiger partial charge in [0.1, 0.15) is 0 Å². The van der Waals surface area contributed by atoms with Crippen molar-refractivity contribution < 1.29 is 17.2 Å². The fraction of sp³-hybridized carbons (Fsp3) is 1.00. The van der Waals surface area contributed by atoms with Gasteiger partial charge in [0.05, 0.1) is 7.11 Å². The fourth-order valence-corrected chi connectivity index (χ4v) is 1.17. The second kappa shape index (κ2) is 11.3. The molecule has 0 bridgehead atoms. The van der Waals surface area contributed by atoms with E-state index < -0.39 is 10.4 Å². The molecule has 0 rings (SSSR count). The molecule has 1 unspecified atom stereocenters. The molecule has 6 heteroatoms. The summed E-state index contributed by atoms with van der Waals surface area (Å²) < 4.78 is 29.7. The lowest BCUT2D eigenvalue weighted by molar-refractivity contribution is 0.324. The van der Waals surface area contributed by atoms with Crippen molar-refractivity contribution in [1.29, 1.82) is 0 Å². The molecule has 0 aromatic carbocycles. The van der Waals surface area contributed by atoms with Gasteiger partial charge in [0.25, 0.3) is 0 Å². The van der Waals surface area contributed by atoms with Gasteiger partial charge in [0, 0.05) is 6.04 Å². The fourth-order valence-electron chi connectivity index (χ4n) is 1.17. The number of hydrogen-bond donors (Lipinski definition) is 2. The van der Waals surface area contributed by atoms with Crippen LogP contribution in [0.1, 0.15) is 52.4 Å². The first-order valence-corrected chi connectivity index (χ1v) is 7.02. The maximum Gasteiger partial charge on any atom is 0.397 e. The molecule has 5 nitrogen and oxygen atoms in total. The SMILES string of the molecule is CCCCCC(N)CCC.COS(=O)(=O)O. The van der Waals surface area contributed by atoms with Gasteiger partial charge in [-0.1, -0.05) is 39.5 Å². The summed E-state index contributed by atoms with van der Waals surface area (Å²) in [5.74, 6) is 0. The van der Waals surface area contributed by atoms with E-state index in [1.807, 2.05) is 0 Å². The minimum absolute atomic E-state index is 0.469. The summed E-state index contributed by atoms with van der Waals surface area (Å²) in [5.41, 5.74) is 5.82. The van der Waals surface area contributed by atoms with E-state index in [4.69, 9.17) is 10.3 Å². The van der Waals surface area contributed by atoms with Crippen LogP contribution in [-0.4, -0.2) is 26.1 Å². The van der Waals surface area contributed by atoms with Crippen molar-refractivity contribution in [3.05, 3.63) is 0 Å². The molecule has 0 amide bonds. The first kappa shape index (κ1) is 18.2. The van der Waals surface area contributed by atoms with E-state index in [0.29, 0.717) is 6.04 Å². The topological polar surface area (TPSA) is 89.6 Å². The molecule has 0 aliphatic carbocycles. The summed E-state index contributed by atoms with van der Waals surface area (Å²) in [7, 11) is -3.29. The third-order valence-corrected chi connectivity index (χ3v) is 2.47. The van der Waals surface area contributed by atoms with E-state index >= 15 is 0 Å². The third kappa shape index (κ3) is 19.4. The van der Waals surface area contributed by atoms with Gasteiger partial charge in [-0.05, 0) is 12.8 Å². The molecule has 0 saturated carbocycles. The molecule has 0 radical (unpaired) electrons. The van der Waals surface area contributed by atoms with Crippen LogP contribution in [-0.2, 0) is 14.6 Å². The Morgan fingerprint density at radius 3 is 2.00 bits per heavy atom. The molecule has 0 heterocycles. The van der Waals surface area contributed by atoms with Crippen molar-refractivity contribution in [3.8, 4) is 0 Å². The largest absolute Gasteiger partial charge is 0.397 e. The normalized spacial score (nSPS) is 12.8. The highest BCUT2D eigenvalue weighted by molar-refractivity contribution is 7.80. The predicted molar refractivity (Wildman–Crippen MR) is 65.6 cm³/mol. The Kier molecular flexibility index (Phi) is 12.9. The van der Waals surface area contributed by atoms with E-state index in [1.165, 1.54) is 38.5 Å². The van der Waals surface area contributed by atoms with Crippen molar-refractivity contribution in [1.82, 2.24) is 0 Å². The Bertz CT molecular complexity index is 229. The minimum Gasteiger partial charge on any atom is -0.328 e. The molecule has 100 valence electrons. The second-order valence-electron chi connectivity index (χ2n) is 3.64. The molecule has 0 aromatic heterocycles. The van der Waals surface area contributed by atoms with Crippen molar-refractivity contribution in [2.45, 2.75) is 58.4 Å². The van der Waals surface area contributed by atoms with Gasteiger partial charge in [-0.3, -0.25) is 8.74 Å². The highest BCUT2D eigenvalue weighted by Gasteiger charge is 1.98. The molecular formula is C10H25NO4S. The van der Waals surface area contributed by atoms with Crippen LogP contribution in [0, 0.1) is 0 Å². The zero-order valence-corrected chi connectivity index (χ0v) is 11.3. The van der Waals surface area contributed by atoms with E-state index in [-0.39, 0.29) is 0 Å². The number of unbranched alkanes of at least 4 members (excludes halogenated alkanes) is 2. The van der Waals surface area contributed by atoms with Crippen LogP contribution in [0.4, 0.5) is 0 Å². The Hall–Kier alpha value is -0.170. The Morgan fingerprint density at radius 1 is 1.19 bits per heavy atom. The molecular weight excluding hydrogens is 230 g/mol. The molecule has 0 spiro atoms. The standard InChI is InChI=1S/C9H21N.CH4O4S/c1-3-5-6-8-9(10)7-4-2;1-5-6(2,3)4/h9H,3-8,10H2,1-2H3;1H3,(H,2,3,4). The molecule has 3 N–H and O–H groups in total. The van der Waals surface area contributed by atoms with Crippen molar-refractivity contribution in [2.75, 3.05) is 7.11 Å². The first-order valence-electron chi connectivity index (χ1n) is 5.65. The van der Waals surface area contributed by atoms with Gasteiger partial charge in [-0.15, -0.1) is 0 Å². The minimum atomic E-state index is -4.16. The number of rotatable bonds is 7. The number of nitrogens with two attached hydrogens (primary N) is 1. The maximum absolute atomic E-state index is 9.33. The lowest BCUT2D eigenvalue weighted by Crippen LogP contribution is -2.18. The van der Waals surface area contributed by atoms with Crippen LogP contribution in [0.5, 0.6) is 0 Å². The monoisotopic (exact) mass is 255 g/mol. The Balaban J connectivity index is 0. The number of hydrogen-bond acceptors (Lipinski definition) is 4. The first-order chi connectivity index (χ1) is 7.37. The molecule has 0 aromatic rings. The van der Waals surface area contributed by atoms with Crippen molar-refractivity contribution in [2.24, 2.45) is 5.73 Å². The van der Waals surface area contributed by atoms with Crippen LogP contribution < -0.4 is 5.73 Å². The lowest BCUT2D eigenvalue weighted by Gasteiger charge is -2.08. The van der Waals surface area contributed by atoms with Gasteiger partial charge < -0.3 is 5.73 Å². The van der Waals surface area contributed by atoms with Crippen LogP contribution in [0.25, 0.3) is 0 Å². The quantitative estimate of drug-likeness (QED) is 0.537. The molecule has 0 aliphatic rings. The zero-order chi connectivity index (χ0) is 13.0. The Labute approximate surface area is 99.3 Å². The zero-order valence-electron chi connectivity index (χ0n) is 10.5. The Morgan fingerprint density at radius 2 is 1.69 bits per heavy atom. The average Bonchev–Trinajstić information content (AvgIpc) is 2.18. The van der Waals surface area contributed by atoms with Gasteiger partial charge in [0.15, 0.2) is 0 Å². The smallest absolute Gasteiger partial charge is 0.328 e. The molecule has 0 saturated heterocycles. The van der Waals surface area contributed by atoms with E-state index in [0.717, 1.165) is 7.11 Å². The van der Waals surface area contributed by atoms with Gasteiger partial charge in [0.2, 0.25) is 0 Å². The summed E-state index contributed by atoms with van der Waals surface area (Å²) in [6, 6.07) is 0.469. The van der Waals surface area contributed by atoms with Gasteiger partial charge in [-0.25, -0.2) is 0 Å². The van der Waals surface area contributed by atoms with Crippen molar-refractivity contribution in [3.63, 3.8) is 0 Å². The van der Waals surface area contributed by atoms with Crippen molar-refractivity contribution >= 4 is 10.4 Å². The van der Waals surface area contributed by atoms with Crippen LogP contribution in [0.2, 0.25) is 0 Å². The predicted octanol–water partition coefficient (Wildman–Crippen LogP) is 2.13. The summed E-state index contributed by atoms with van der Waals surface area (Å²) in [6.07, 6.45) is 7.62. The summed E-state index contributed by atoms with van der Waals surface area (Å²) in [4.78, 5) is 0.